The van der Waals surface area contributed by atoms with E-state index in [0.29, 0.717) is 12.4 Å². The Morgan fingerprint density at radius 1 is 1.75 bits per heavy atom. The summed E-state index contributed by atoms with van der Waals surface area (Å²) >= 11 is 4.13. The summed E-state index contributed by atoms with van der Waals surface area (Å²) in [5.41, 5.74) is 0. The molecule has 12 heavy (non-hydrogen) atoms. The Labute approximate surface area is 77.8 Å². The van der Waals surface area contributed by atoms with Crippen molar-refractivity contribution in [3.63, 3.8) is 0 Å². The predicted molar refractivity (Wildman–Crippen MR) is 48.4 cm³/mol. The van der Waals surface area contributed by atoms with Gasteiger partial charge in [-0.25, -0.2) is 0 Å². The SMILES string of the molecule is CC(=O)OC1CCOC(CS)C1. The highest BCUT2D eigenvalue weighted by molar-refractivity contribution is 7.80. The maximum Gasteiger partial charge on any atom is 0.302 e. The van der Waals surface area contributed by atoms with E-state index >= 15 is 0 Å². The Hall–Kier alpha value is -0.220. The Morgan fingerprint density at radius 3 is 3.08 bits per heavy atom. The minimum absolute atomic E-state index is 0.0356. The molecule has 0 spiro atoms. The van der Waals surface area contributed by atoms with Crippen molar-refractivity contribution in [1.82, 2.24) is 0 Å². The lowest BCUT2D eigenvalue weighted by atomic mass is 10.1. The maximum absolute atomic E-state index is 10.6. The summed E-state index contributed by atoms with van der Waals surface area (Å²) in [5, 5.41) is 0. The fraction of sp³-hybridized carbons (Fsp3) is 0.875. The minimum atomic E-state index is -0.209. The van der Waals surface area contributed by atoms with Crippen molar-refractivity contribution in [2.45, 2.75) is 32.0 Å². The molecule has 0 aromatic rings. The smallest absolute Gasteiger partial charge is 0.302 e. The molecular formula is C8H14O3S. The third-order valence-corrected chi connectivity index (χ3v) is 2.26. The highest BCUT2D eigenvalue weighted by Gasteiger charge is 2.23. The topological polar surface area (TPSA) is 35.5 Å². The summed E-state index contributed by atoms with van der Waals surface area (Å²) in [6, 6.07) is 0. The van der Waals surface area contributed by atoms with Crippen LogP contribution in [0.2, 0.25) is 0 Å². The van der Waals surface area contributed by atoms with Gasteiger partial charge in [0.05, 0.1) is 12.7 Å². The number of carbonyl (C=O) groups is 1. The molecule has 2 unspecified atom stereocenters. The molecular weight excluding hydrogens is 176 g/mol. The second-order valence-electron chi connectivity index (χ2n) is 2.93. The van der Waals surface area contributed by atoms with Crippen LogP contribution < -0.4 is 0 Å². The predicted octanol–water partition coefficient (Wildman–Crippen LogP) is 1.03. The monoisotopic (exact) mass is 190 g/mol. The largest absolute Gasteiger partial charge is 0.462 e. The van der Waals surface area contributed by atoms with Crippen molar-refractivity contribution < 1.29 is 14.3 Å². The van der Waals surface area contributed by atoms with Gasteiger partial charge in [0.25, 0.3) is 0 Å². The average Bonchev–Trinajstić information content (AvgIpc) is 2.03. The van der Waals surface area contributed by atoms with Crippen LogP contribution in [0.5, 0.6) is 0 Å². The van der Waals surface area contributed by atoms with Crippen LogP contribution in [0.25, 0.3) is 0 Å². The second-order valence-corrected chi connectivity index (χ2v) is 3.30. The average molecular weight is 190 g/mol. The summed E-state index contributed by atoms with van der Waals surface area (Å²) in [6.45, 7) is 2.11. The van der Waals surface area contributed by atoms with E-state index < -0.39 is 0 Å². The molecule has 0 radical (unpaired) electrons. The maximum atomic E-state index is 10.6. The van der Waals surface area contributed by atoms with Crippen molar-refractivity contribution in [1.29, 1.82) is 0 Å². The van der Waals surface area contributed by atoms with Gasteiger partial charge in [-0.2, -0.15) is 12.6 Å². The van der Waals surface area contributed by atoms with E-state index in [2.05, 4.69) is 12.6 Å². The number of hydrogen-bond donors (Lipinski definition) is 1. The third kappa shape index (κ3) is 3.03. The van der Waals surface area contributed by atoms with Gasteiger partial charge in [0.2, 0.25) is 0 Å². The van der Waals surface area contributed by atoms with E-state index in [1.54, 1.807) is 0 Å². The number of ether oxygens (including phenoxy) is 2. The molecule has 3 nitrogen and oxygen atoms in total. The molecule has 1 heterocycles. The number of esters is 1. The molecule has 0 aromatic carbocycles. The van der Waals surface area contributed by atoms with Crippen LogP contribution in [0.1, 0.15) is 19.8 Å². The molecule has 1 fully saturated rings. The van der Waals surface area contributed by atoms with Crippen molar-refractivity contribution in [3.05, 3.63) is 0 Å². The van der Waals surface area contributed by atoms with Crippen LogP contribution in [0.15, 0.2) is 0 Å². The third-order valence-electron chi connectivity index (χ3n) is 1.86. The number of hydrogen-bond acceptors (Lipinski definition) is 4. The highest BCUT2D eigenvalue weighted by atomic mass is 32.1. The molecule has 0 bridgehead atoms. The van der Waals surface area contributed by atoms with Gasteiger partial charge in [0.1, 0.15) is 6.10 Å². The first-order valence-corrected chi connectivity index (χ1v) is 4.75. The number of thiol groups is 1. The molecule has 0 amide bonds. The summed E-state index contributed by atoms with van der Waals surface area (Å²) in [7, 11) is 0. The molecule has 0 saturated carbocycles. The molecule has 1 aliphatic rings. The molecule has 1 aliphatic heterocycles. The van der Waals surface area contributed by atoms with Gasteiger partial charge < -0.3 is 9.47 Å². The van der Waals surface area contributed by atoms with E-state index in [4.69, 9.17) is 9.47 Å². The lowest BCUT2D eigenvalue weighted by molar-refractivity contribution is -0.152. The normalized spacial score (nSPS) is 29.8. The van der Waals surface area contributed by atoms with Crippen LogP contribution in [0.4, 0.5) is 0 Å². The molecule has 0 N–H and O–H groups in total. The molecule has 70 valence electrons. The van der Waals surface area contributed by atoms with Crippen LogP contribution in [-0.4, -0.2) is 30.5 Å². The lowest BCUT2D eigenvalue weighted by Gasteiger charge is -2.27. The molecule has 2 atom stereocenters. The van der Waals surface area contributed by atoms with Gasteiger partial charge >= 0.3 is 5.97 Å². The molecule has 1 rings (SSSR count). The van der Waals surface area contributed by atoms with Gasteiger partial charge in [-0.15, -0.1) is 0 Å². The summed E-state index contributed by atoms with van der Waals surface area (Å²) in [5.74, 6) is 0.484. The quantitative estimate of drug-likeness (QED) is 0.522. The standard InChI is InChI=1S/C8H14O3S/c1-6(9)11-7-2-3-10-8(4-7)5-12/h7-8,12H,2-5H2,1H3. The zero-order valence-corrected chi connectivity index (χ0v) is 8.05. The van der Waals surface area contributed by atoms with Crippen LogP contribution in [0, 0.1) is 0 Å². The Balaban J connectivity index is 2.30. The van der Waals surface area contributed by atoms with Gasteiger partial charge in [0.15, 0.2) is 0 Å². The van der Waals surface area contributed by atoms with Crippen molar-refractivity contribution >= 4 is 18.6 Å². The minimum Gasteiger partial charge on any atom is -0.462 e. The lowest BCUT2D eigenvalue weighted by Crippen LogP contribution is -2.32. The summed E-state index contributed by atoms with van der Waals surface area (Å²) in [4.78, 5) is 10.6. The summed E-state index contributed by atoms with van der Waals surface area (Å²) in [6.07, 6.45) is 1.77. The van der Waals surface area contributed by atoms with E-state index in [-0.39, 0.29) is 18.2 Å². The van der Waals surface area contributed by atoms with E-state index in [9.17, 15) is 4.79 Å². The second kappa shape index (κ2) is 4.72. The van der Waals surface area contributed by atoms with E-state index in [1.807, 2.05) is 0 Å². The van der Waals surface area contributed by atoms with Crippen molar-refractivity contribution in [3.8, 4) is 0 Å². The Morgan fingerprint density at radius 2 is 2.50 bits per heavy atom. The number of carbonyl (C=O) groups excluding carboxylic acids is 1. The zero-order valence-electron chi connectivity index (χ0n) is 7.16. The van der Waals surface area contributed by atoms with Crippen LogP contribution >= 0.6 is 12.6 Å². The highest BCUT2D eigenvalue weighted by Crippen LogP contribution is 2.17. The van der Waals surface area contributed by atoms with Crippen LogP contribution in [-0.2, 0) is 14.3 Å². The molecule has 4 heteroatoms. The van der Waals surface area contributed by atoms with Crippen LogP contribution in [0.3, 0.4) is 0 Å². The summed E-state index contributed by atoms with van der Waals surface area (Å²) < 4.78 is 10.4. The first kappa shape index (κ1) is 9.86. The first-order valence-electron chi connectivity index (χ1n) is 4.12. The van der Waals surface area contributed by atoms with Gasteiger partial charge in [-0.05, 0) is 0 Å². The van der Waals surface area contributed by atoms with E-state index in [1.165, 1.54) is 6.92 Å². The fourth-order valence-corrected chi connectivity index (χ4v) is 1.57. The fourth-order valence-electron chi connectivity index (χ4n) is 1.31. The Bertz CT molecular complexity index is 160. The van der Waals surface area contributed by atoms with Crippen molar-refractivity contribution in [2.24, 2.45) is 0 Å². The van der Waals surface area contributed by atoms with Gasteiger partial charge in [0, 0.05) is 25.5 Å². The zero-order chi connectivity index (χ0) is 8.97. The molecule has 1 saturated heterocycles. The molecule has 0 aliphatic carbocycles. The molecule has 0 aromatic heterocycles. The number of rotatable bonds is 2. The Kier molecular flexibility index (Phi) is 3.88. The van der Waals surface area contributed by atoms with E-state index in [0.717, 1.165) is 12.8 Å². The van der Waals surface area contributed by atoms with Gasteiger partial charge in [-0.1, -0.05) is 0 Å². The van der Waals surface area contributed by atoms with Gasteiger partial charge in [-0.3, -0.25) is 4.79 Å². The van der Waals surface area contributed by atoms with Crippen molar-refractivity contribution in [2.75, 3.05) is 12.4 Å². The first-order chi connectivity index (χ1) is 5.72.